The molecule has 0 aromatic heterocycles. The summed E-state index contributed by atoms with van der Waals surface area (Å²) in [6.45, 7) is 1.47. The fraction of sp³-hybridized carbons (Fsp3) is 0.263. The van der Waals surface area contributed by atoms with E-state index in [1.54, 1.807) is 30.3 Å². The molecule has 2 rings (SSSR count). The lowest BCUT2D eigenvalue weighted by Gasteiger charge is -2.29. The smallest absolute Gasteiger partial charge is 0.247 e. The maximum Gasteiger partial charge on any atom is 0.247 e. The third-order valence-corrected chi connectivity index (χ3v) is 5.43. The first-order chi connectivity index (χ1) is 13.2. The number of hydrogen-bond acceptors (Lipinski definition) is 5. The van der Waals surface area contributed by atoms with Crippen LogP contribution in [0.3, 0.4) is 0 Å². The number of ether oxygens (including phenoxy) is 1. The van der Waals surface area contributed by atoms with Crippen LogP contribution in [0.5, 0.6) is 5.75 Å². The maximum absolute atomic E-state index is 12.7. The Balaban J connectivity index is 2.33. The molecule has 2 aromatic rings. The Morgan fingerprint density at radius 3 is 2.46 bits per heavy atom. The van der Waals surface area contributed by atoms with E-state index in [-0.39, 0.29) is 17.9 Å². The number of anilines is 2. The van der Waals surface area contributed by atoms with Crippen molar-refractivity contribution in [2.24, 2.45) is 0 Å². The SMILES string of the molecule is COc1ccc(Cl)cc1N(C(C)C(=O)Nc1ccc(CC#N)cc1)S(C)(=O)=O. The number of rotatable bonds is 7. The highest BCUT2D eigenvalue weighted by Gasteiger charge is 2.31. The molecule has 0 aliphatic heterocycles. The minimum Gasteiger partial charge on any atom is -0.495 e. The average molecular weight is 422 g/mol. The number of amides is 1. The monoisotopic (exact) mass is 421 g/mol. The Hall–Kier alpha value is -2.76. The van der Waals surface area contributed by atoms with Crippen LogP contribution in [-0.2, 0) is 21.2 Å². The molecule has 0 bridgehead atoms. The summed E-state index contributed by atoms with van der Waals surface area (Å²) in [7, 11) is -2.42. The van der Waals surface area contributed by atoms with Crippen molar-refractivity contribution < 1.29 is 17.9 Å². The number of nitrogens with zero attached hydrogens (tertiary/aromatic N) is 2. The van der Waals surface area contributed by atoms with E-state index in [9.17, 15) is 13.2 Å². The second-order valence-corrected chi connectivity index (χ2v) is 8.37. The van der Waals surface area contributed by atoms with Gasteiger partial charge in [0.25, 0.3) is 0 Å². The van der Waals surface area contributed by atoms with Crippen LogP contribution in [0.15, 0.2) is 42.5 Å². The number of nitriles is 1. The van der Waals surface area contributed by atoms with E-state index in [1.807, 2.05) is 6.07 Å². The van der Waals surface area contributed by atoms with Crippen molar-refractivity contribution in [2.45, 2.75) is 19.4 Å². The Morgan fingerprint density at radius 1 is 1.29 bits per heavy atom. The number of nitrogens with one attached hydrogen (secondary N) is 1. The summed E-state index contributed by atoms with van der Waals surface area (Å²) in [5.41, 5.74) is 1.48. The van der Waals surface area contributed by atoms with Crippen molar-refractivity contribution in [3.8, 4) is 11.8 Å². The second-order valence-electron chi connectivity index (χ2n) is 6.07. The van der Waals surface area contributed by atoms with Crippen LogP contribution < -0.4 is 14.4 Å². The van der Waals surface area contributed by atoms with Gasteiger partial charge in [0.1, 0.15) is 11.8 Å². The van der Waals surface area contributed by atoms with Gasteiger partial charge in [-0.3, -0.25) is 9.10 Å². The molecule has 148 valence electrons. The van der Waals surface area contributed by atoms with E-state index in [1.165, 1.54) is 26.2 Å². The van der Waals surface area contributed by atoms with Crippen molar-refractivity contribution in [2.75, 3.05) is 23.0 Å². The van der Waals surface area contributed by atoms with Gasteiger partial charge < -0.3 is 10.1 Å². The second kappa shape index (κ2) is 8.95. The zero-order valence-electron chi connectivity index (χ0n) is 15.6. The van der Waals surface area contributed by atoms with E-state index >= 15 is 0 Å². The molecule has 7 nitrogen and oxygen atoms in total. The quantitative estimate of drug-likeness (QED) is 0.739. The van der Waals surface area contributed by atoms with Crippen LogP contribution >= 0.6 is 11.6 Å². The van der Waals surface area contributed by atoms with Gasteiger partial charge in [-0.25, -0.2) is 8.42 Å². The van der Waals surface area contributed by atoms with Gasteiger partial charge in [0, 0.05) is 10.7 Å². The van der Waals surface area contributed by atoms with Crippen molar-refractivity contribution in [1.82, 2.24) is 0 Å². The van der Waals surface area contributed by atoms with E-state index < -0.39 is 22.0 Å². The van der Waals surface area contributed by atoms with E-state index in [2.05, 4.69) is 5.32 Å². The number of halogens is 1. The van der Waals surface area contributed by atoms with Crippen LogP contribution in [0.4, 0.5) is 11.4 Å². The summed E-state index contributed by atoms with van der Waals surface area (Å²) >= 11 is 6.02. The fourth-order valence-electron chi connectivity index (χ4n) is 2.66. The number of carbonyl (C=O) groups is 1. The van der Waals surface area contributed by atoms with Crippen molar-refractivity contribution in [1.29, 1.82) is 5.26 Å². The molecule has 0 spiro atoms. The molecule has 1 N–H and O–H groups in total. The summed E-state index contributed by atoms with van der Waals surface area (Å²) in [6.07, 6.45) is 1.27. The van der Waals surface area contributed by atoms with Crippen LogP contribution in [0.1, 0.15) is 12.5 Å². The van der Waals surface area contributed by atoms with Gasteiger partial charge in [0.05, 0.1) is 31.5 Å². The standard InChI is InChI=1S/C19H20ClN3O4S/c1-13(19(24)22-16-7-4-14(5-8-16)10-11-21)23(28(3,25)26)17-12-15(20)6-9-18(17)27-2/h4-9,12-13H,10H2,1-3H3,(H,22,24). The predicted octanol–water partition coefficient (Wildman–Crippen LogP) is 3.21. The van der Waals surface area contributed by atoms with Crippen molar-refractivity contribution >= 4 is 38.9 Å². The van der Waals surface area contributed by atoms with Gasteiger partial charge in [0.15, 0.2) is 0 Å². The van der Waals surface area contributed by atoms with Crippen LogP contribution in [0.25, 0.3) is 0 Å². The molecule has 2 aromatic carbocycles. The minimum absolute atomic E-state index is 0.171. The molecule has 0 aliphatic carbocycles. The molecule has 0 saturated carbocycles. The molecular formula is C19H20ClN3O4S. The van der Waals surface area contributed by atoms with E-state index in [0.717, 1.165) is 16.1 Å². The number of hydrogen-bond donors (Lipinski definition) is 1. The molecule has 0 fully saturated rings. The van der Waals surface area contributed by atoms with E-state index in [4.69, 9.17) is 21.6 Å². The van der Waals surface area contributed by atoms with Crippen LogP contribution in [0.2, 0.25) is 5.02 Å². The van der Waals surface area contributed by atoms with E-state index in [0.29, 0.717) is 10.7 Å². The summed E-state index contributed by atoms with van der Waals surface area (Å²) in [5.74, 6) is -0.254. The molecule has 0 aliphatic rings. The summed E-state index contributed by atoms with van der Waals surface area (Å²) in [4.78, 5) is 12.7. The highest BCUT2D eigenvalue weighted by molar-refractivity contribution is 7.92. The van der Waals surface area contributed by atoms with Crippen LogP contribution in [-0.4, -0.2) is 33.7 Å². The zero-order valence-corrected chi connectivity index (χ0v) is 17.2. The predicted molar refractivity (Wildman–Crippen MR) is 109 cm³/mol. The summed E-state index contributed by atoms with van der Waals surface area (Å²) < 4.78 is 31.1. The third-order valence-electron chi connectivity index (χ3n) is 3.97. The van der Waals surface area contributed by atoms with Gasteiger partial charge in [-0.05, 0) is 42.8 Å². The molecule has 9 heteroatoms. The number of benzene rings is 2. The Bertz CT molecular complexity index is 1000. The van der Waals surface area contributed by atoms with Crippen LogP contribution in [0, 0.1) is 11.3 Å². The summed E-state index contributed by atoms with van der Waals surface area (Å²) in [6, 6.07) is 12.3. The van der Waals surface area contributed by atoms with Gasteiger partial charge in [-0.1, -0.05) is 23.7 Å². The molecule has 0 radical (unpaired) electrons. The highest BCUT2D eigenvalue weighted by Crippen LogP contribution is 2.34. The highest BCUT2D eigenvalue weighted by atomic mass is 35.5. The fourth-order valence-corrected chi connectivity index (χ4v) is 4.00. The lowest BCUT2D eigenvalue weighted by atomic mass is 10.1. The van der Waals surface area contributed by atoms with Gasteiger partial charge in [-0.2, -0.15) is 5.26 Å². The number of methoxy groups -OCH3 is 1. The molecule has 1 atom stereocenters. The lowest BCUT2D eigenvalue weighted by molar-refractivity contribution is -0.116. The molecule has 28 heavy (non-hydrogen) atoms. The summed E-state index contributed by atoms with van der Waals surface area (Å²) in [5, 5.41) is 11.7. The third kappa shape index (κ3) is 5.15. The average Bonchev–Trinajstić information content (AvgIpc) is 2.62. The minimum atomic E-state index is -3.82. The lowest BCUT2D eigenvalue weighted by Crippen LogP contribution is -2.45. The Morgan fingerprint density at radius 2 is 1.93 bits per heavy atom. The number of carbonyl (C=O) groups excluding carboxylic acids is 1. The molecule has 1 amide bonds. The largest absolute Gasteiger partial charge is 0.495 e. The topological polar surface area (TPSA) is 99.5 Å². The number of sulfonamides is 1. The molecular weight excluding hydrogens is 402 g/mol. The maximum atomic E-state index is 12.7. The zero-order chi connectivity index (χ0) is 20.9. The van der Waals surface area contributed by atoms with Gasteiger partial charge in [-0.15, -0.1) is 0 Å². The Kier molecular flexibility index (Phi) is 6.89. The van der Waals surface area contributed by atoms with Crippen molar-refractivity contribution in [3.63, 3.8) is 0 Å². The Labute approximate surface area is 169 Å². The normalized spacial score (nSPS) is 12.0. The molecule has 1 unspecified atom stereocenters. The molecule has 0 saturated heterocycles. The van der Waals surface area contributed by atoms with Crippen molar-refractivity contribution in [3.05, 3.63) is 53.1 Å². The first-order valence-electron chi connectivity index (χ1n) is 8.27. The first kappa shape index (κ1) is 21.5. The first-order valence-corrected chi connectivity index (χ1v) is 10.5. The molecule has 0 heterocycles. The van der Waals surface area contributed by atoms with Gasteiger partial charge in [0.2, 0.25) is 15.9 Å². The van der Waals surface area contributed by atoms with Gasteiger partial charge >= 0.3 is 0 Å².